The van der Waals surface area contributed by atoms with E-state index >= 15 is 0 Å². The molecule has 2 aromatic rings. The highest BCUT2D eigenvalue weighted by Gasteiger charge is 2.25. The number of aliphatic hydroxyl groups excluding tert-OH is 1. The van der Waals surface area contributed by atoms with Crippen LogP contribution >= 0.6 is 0 Å². The number of hydrogen-bond donors (Lipinski definition) is 3. The standard InChI is InChI=1S/C18H20FN3O2/c19-13-5-2-6-14(10-13)22-17-15(7-3-9-20-17)18(24)21-11-12-4-1-8-16(12)23/h2-3,5-7,9-10,12,16,23H,1,4,8,11H2,(H,20,22)(H,21,24). The van der Waals surface area contributed by atoms with Crippen molar-refractivity contribution in [3.05, 3.63) is 54.0 Å². The first kappa shape index (κ1) is 16.4. The lowest BCUT2D eigenvalue weighted by molar-refractivity contribution is 0.0917. The zero-order valence-electron chi connectivity index (χ0n) is 13.2. The number of pyridine rings is 1. The number of hydrogen-bond acceptors (Lipinski definition) is 4. The normalized spacial score (nSPS) is 19.9. The summed E-state index contributed by atoms with van der Waals surface area (Å²) >= 11 is 0. The molecule has 3 N–H and O–H groups in total. The average molecular weight is 329 g/mol. The van der Waals surface area contributed by atoms with Crippen molar-refractivity contribution in [2.75, 3.05) is 11.9 Å². The van der Waals surface area contributed by atoms with Gasteiger partial charge >= 0.3 is 0 Å². The largest absolute Gasteiger partial charge is 0.393 e. The minimum Gasteiger partial charge on any atom is -0.393 e. The lowest BCUT2D eigenvalue weighted by Gasteiger charge is -2.16. The molecule has 0 aliphatic heterocycles. The minimum absolute atomic E-state index is 0.102. The van der Waals surface area contributed by atoms with Gasteiger partial charge in [-0.15, -0.1) is 0 Å². The SMILES string of the molecule is O=C(NCC1CCCC1O)c1cccnc1Nc1cccc(F)c1. The van der Waals surface area contributed by atoms with E-state index in [0.717, 1.165) is 19.3 Å². The molecule has 24 heavy (non-hydrogen) atoms. The van der Waals surface area contributed by atoms with Crippen LogP contribution in [0.3, 0.4) is 0 Å². The maximum Gasteiger partial charge on any atom is 0.255 e. The molecule has 0 saturated heterocycles. The maximum atomic E-state index is 13.3. The summed E-state index contributed by atoms with van der Waals surface area (Å²) in [7, 11) is 0. The van der Waals surface area contributed by atoms with E-state index in [1.807, 2.05) is 0 Å². The third kappa shape index (κ3) is 3.89. The van der Waals surface area contributed by atoms with E-state index in [1.165, 1.54) is 12.1 Å². The van der Waals surface area contributed by atoms with Gasteiger partial charge in [0, 0.05) is 24.3 Å². The summed E-state index contributed by atoms with van der Waals surface area (Å²) in [6.45, 7) is 0.439. The molecular formula is C18H20FN3O2. The van der Waals surface area contributed by atoms with Crippen molar-refractivity contribution in [2.24, 2.45) is 5.92 Å². The Hall–Kier alpha value is -2.47. The van der Waals surface area contributed by atoms with Crippen LogP contribution in [-0.4, -0.2) is 28.6 Å². The van der Waals surface area contributed by atoms with E-state index in [-0.39, 0.29) is 23.7 Å². The van der Waals surface area contributed by atoms with Gasteiger partial charge in [0.05, 0.1) is 11.7 Å². The van der Waals surface area contributed by atoms with Crippen LogP contribution in [0, 0.1) is 11.7 Å². The summed E-state index contributed by atoms with van der Waals surface area (Å²) in [5, 5.41) is 15.7. The van der Waals surface area contributed by atoms with Gasteiger partial charge < -0.3 is 15.7 Å². The molecule has 0 radical (unpaired) electrons. The van der Waals surface area contributed by atoms with Crippen molar-refractivity contribution >= 4 is 17.4 Å². The fraction of sp³-hybridized carbons (Fsp3) is 0.333. The molecule has 1 aliphatic rings. The summed E-state index contributed by atoms with van der Waals surface area (Å²) in [6.07, 6.45) is 3.92. The Morgan fingerprint density at radius 3 is 2.92 bits per heavy atom. The summed E-state index contributed by atoms with van der Waals surface area (Å²) in [5.74, 6) is -0.156. The highest BCUT2D eigenvalue weighted by Crippen LogP contribution is 2.25. The molecule has 5 nitrogen and oxygen atoms in total. The molecule has 6 heteroatoms. The highest BCUT2D eigenvalue weighted by molar-refractivity contribution is 5.99. The van der Waals surface area contributed by atoms with Crippen molar-refractivity contribution in [2.45, 2.75) is 25.4 Å². The van der Waals surface area contributed by atoms with Gasteiger partial charge in [0.1, 0.15) is 11.6 Å². The first-order chi connectivity index (χ1) is 11.6. The Labute approximate surface area is 139 Å². The quantitative estimate of drug-likeness (QED) is 0.788. The molecule has 2 unspecified atom stereocenters. The number of benzene rings is 1. The number of aromatic nitrogens is 1. The summed E-state index contributed by atoms with van der Waals surface area (Å²) in [6, 6.07) is 9.32. The Bertz CT molecular complexity index is 723. The molecule has 1 heterocycles. The topological polar surface area (TPSA) is 74.2 Å². The monoisotopic (exact) mass is 329 g/mol. The average Bonchev–Trinajstić information content (AvgIpc) is 2.98. The Morgan fingerprint density at radius 2 is 2.17 bits per heavy atom. The van der Waals surface area contributed by atoms with Crippen LogP contribution in [0.4, 0.5) is 15.9 Å². The molecule has 2 atom stereocenters. The predicted molar refractivity (Wildman–Crippen MR) is 89.6 cm³/mol. The zero-order valence-corrected chi connectivity index (χ0v) is 13.2. The van der Waals surface area contributed by atoms with Gasteiger partial charge in [-0.3, -0.25) is 4.79 Å². The molecule has 1 aromatic carbocycles. The highest BCUT2D eigenvalue weighted by atomic mass is 19.1. The van der Waals surface area contributed by atoms with E-state index in [0.29, 0.717) is 23.6 Å². The van der Waals surface area contributed by atoms with Crippen LogP contribution in [0.15, 0.2) is 42.6 Å². The van der Waals surface area contributed by atoms with E-state index in [1.54, 1.807) is 30.5 Å². The molecule has 1 aromatic heterocycles. The lowest BCUT2D eigenvalue weighted by Crippen LogP contribution is -2.32. The second kappa shape index (κ2) is 7.40. The smallest absolute Gasteiger partial charge is 0.255 e. The van der Waals surface area contributed by atoms with Gasteiger partial charge in [-0.2, -0.15) is 0 Å². The molecule has 1 fully saturated rings. The molecule has 126 valence electrons. The first-order valence-corrected chi connectivity index (χ1v) is 8.07. The third-order valence-electron chi connectivity index (χ3n) is 4.28. The number of nitrogens with one attached hydrogen (secondary N) is 2. The fourth-order valence-electron chi connectivity index (χ4n) is 2.97. The Balaban J connectivity index is 1.70. The predicted octanol–water partition coefficient (Wildman–Crippen LogP) is 2.86. The zero-order chi connectivity index (χ0) is 16.9. The number of halogens is 1. The van der Waals surface area contributed by atoms with Crippen molar-refractivity contribution < 1.29 is 14.3 Å². The van der Waals surface area contributed by atoms with Gasteiger partial charge in [0.15, 0.2) is 0 Å². The molecule has 0 bridgehead atoms. The Kier molecular flexibility index (Phi) is 5.05. The molecule has 1 saturated carbocycles. The lowest BCUT2D eigenvalue weighted by atomic mass is 10.1. The fourth-order valence-corrected chi connectivity index (χ4v) is 2.97. The molecule has 0 spiro atoms. The van der Waals surface area contributed by atoms with Crippen molar-refractivity contribution in [1.82, 2.24) is 10.3 Å². The van der Waals surface area contributed by atoms with E-state index in [4.69, 9.17) is 0 Å². The van der Waals surface area contributed by atoms with Crippen LogP contribution < -0.4 is 10.6 Å². The molecular weight excluding hydrogens is 309 g/mol. The van der Waals surface area contributed by atoms with Crippen LogP contribution in [-0.2, 0) is 0 Å². The van der Waals surface area contributed by atoms with E-state index in [2.05, 4.69) is 15.6 Å². The number of rotatable bonds is 5. The van der Waals surface area contributed by atoms with E-state index in [9.17, 15) is 14.3 Å². The van der Waals surface area contributed by atoms with Crippen LogP contribution in [0.25, 0.3) is 0 Å². The van der Waals surface area contributed by atoms with Crippen molar-refractivity contribution in [3.8, 4) is 0 Å². The van der Waals surface area contributed by atoms with Crippen LogP contribution in [0.2, 0.25) is 0 Å². The minimum atomic E-state index is -0.364. The number of aliphatic hydroxyl groups is 1. The van der Waals surface area contributed by atoms with Crippen molar-refractivity contribution in [3.63, 3.8) is 0 Å². The summed E-state index contributed by atoms with van der Waals surface area (Å²) < 4.78 is 13.3. The van der Waals surface area contributed by atoms with Gasteiger partial charge in [-0.25, -0.2) is 9.37 Å². The second-order valence-corrected chi connectivity index (χ2v) is 6.00. The van der Waals surface area contributed by atoms with Gasteiger partial charge in [-0.05, 0) is 43.2 Å². The number of nitrogens with zero attached hydrogens (tertiary/aromatic N) is 1. The van der Waals surface area contributed by atoms with Gasteiger partial charge in [0.25, 0.3) is 5.91 Å². The van der Waals surface area contributed by atoms with Crippen LogP contribution in [0.1, 0.15) is 29.6 Å². The number of anilines is 2. The first-order valence-electron chi connectivity index (χ1n) is 8.07. The summed E-state index contributed by atoms with van der Waals surface area (Å²) in [5.41, 5.74) is 0.906. The Morgan fingerprint density at radius 1 is 1.29 bits per heavy atom. The number of amides is 1. The van der Waals surface area contributed by atoms with Crippen molar-refractivity contribution in [1.29, 1.82) is 0 Å². The second-order valence-electron chi connectivity index (χ2n) is 6.00. The van der Waals surface area contributed by atoms with Gasteiger partial charge in [0.2, 0.25) is 0 Å². The molecule has 1 aliphatic carbocycles. The maximum absolute atomic E-state index is 13.3. The number of carbonyl (C=O) groups excluding carboxylic acids is 1. The molecule has 3 rings (SSSR count). The van der Waals surface area contributed by atoms with E-state index < -0.39 is 0 Å². The number of carbonyl (C=O) groups is 1. The summed E-state index contributed by atoms with van der Waals surface area (Å²) in [4.78, 5) is 16.6. The third-order valence-corrected chi connectivity index (χ3v) is 4.28. The van der Waals surface area contributed by atoms with Crippen LogP contribution in [0.5, 0.6) is 0 Å². The van der Waals surface area contributed by atoms with Gasteiger partial charge in [-0.1, -0.05) is 12.5 Å². The molecule has 1 amide bonds.